The number of rotatable bonds is 9. The van der Waals surface area contributed by atoms with Crippen LogP contribution >= 0.6 is 0 Å². The lowest BCUT2D eigenvalue weighted by Gasteiger charge is -2.30. The Hall–Kier alpha value is -1.55. The average Bonchev–Trinajstić information content (AvgIpc) is 2.45. The van der Waals surface area contributed by atoms with Crippen LogP contribution in [0.3, 0.4) is 0 Å². The monoisotopic (exact) mass is 335 g/mol. The molecule has 1 rings (SSSR count). The van der Waals surface area contributed by atoms with Crippen molar-refractivity contribution in [3.8, 4) is 5.75 Å². The average molecular weight is 335 g/mol. The Bertz CT molecular complexity index is 531. The van der Waals surface area contributed by atoms with Crippen molar-refractivity contribution in [2.24, 2.45) is 5.92 Å². The predicted molar refractivity (Wildman–Crippen MR) is 99.8 cm³/mol. The summed E-state index contributed by atoms with van der Waals surface area (Å²) in [5, 5.41) is 3.02. The summed E-state index contributed by atoms with van der Waals surface area (Å²) in [6, 6.07) is 3.91. The first kappa shape index (κ1) is 20.5. The number of nitrogens with one attached hydrogen (secondary N) is 1. The van der Waals surface area contributed by atoms with Crippen LogP contribution in [0, 0.1) is 19.8 Å². The minimum absolute atomic E-state index is 0.0981. The van der Waals surface area contributed by atoms with Crippen LogP contribution in [0.25, 0.3) is 0 Å². The lowest BCUT2D eigenvalue weighted by molar-refractivity contribution is -0.140. The fourth-order valence-corrected chi connectivity index (χ4v) is 3.03. The number of benzene rings is 1. The van der Waals surface area contributed by atoms with E-state index in [1.807, 2.05) is 39.8 Å². The fourth-order valence-electron chi connectivity index (χ4n) is 3.03. The van der Waals surface area contributed by atoms with E-state index in [-0.39, 0.29) is 5.91 Å². The first-order chi connectivity index (χ1) is 11.2. The van der Waals surface area contributed by atoms with Gasteiger partial charge in [0.05, 0.1) is 6.61 Å². The van der Waals surface area contributed by atoms with Crippen LogP contribution in [0.2, 0.25) is 0 Å². The highest BCUT2D eigenvalue weighted by Crippen LogP contribution is 2.29. The van der Waals surface area contributed by atoms with E-state index in [1.54, 1.807) is 0 Å². The van der Waals surface area contributed by atoms with Crippen molar-refractivity contribution >= 4 is 11.6 Å². The van der Waals surface area contributed by atoms with Crippen molar-refractivity contribution in [1.82, 2.24) is 0 Å². The van der Waals surface area contributed by atoms with Crippen LogP contribution in [0.4, 0.5) is 5.69 Å². The molecule has 1 amide bonds. The second kappa shape index (κ2) is 9.07. The third-order valence-corrected chi connectivity index (χ3v) is 3.91. The maximum atomic E-state index is 12.8. The summed E-state index contributed by atoms with van der Waals surface area (Å²) in [5.74, 6) is 1.18. The summed E-state index contributed by atoms with van der Waals surface area (Å²) in [7, 11) is 0. The number of aryl methyl sites for hydroxylation is 2. The predicted octanol–water partition coefficient (Wildman–Crippen LogP) is 4.87. The summed E-state index contributed by atoms with van der Waals surface area (Å²) < 4.78 is 11.6. The van der Waals surface area contributed by atoms with E-state index in [0.29, 0.717) is 25.6 Å². The molecule has 0 radical (unpaired) electrons. The van der Waals surface area contributed by atoms with Crippen molar-refractivity contribution in [1.29, 1.82) is 0 Å². The van der Waals surface area contributed by atoms with Gasteiger partial charge in [-0.15, -0.1) is 0 Å². The Balaban J connectivity index is 2.96. The van der Waals surface area contributed by atoms with Gasteiger partial charge in [0.1, 0.15) is 11.4 Å². The van der Waals surface area contributed by atoms with Crippen molar-refractivity contribution in [3.05, 3.63) is 23.3 Å². The molecule has 136 valence electrons. The van der Waals surface area contributed by atoms with Gasteiger partial charge in [0.25, 0.3) is 5.91 Å². The summed E-state index contributed by atoms with van der Waals surface area (Å²) in [6.07, 6.45) is 1.65. The largest absolute Gasteiger partial charge is 0.493 e. The molecule has 1 atom stereocenters. The van der Waals surface area contributed by atoms with E-state index < -0.39 is 5.60 Å². The van der Waals surface area contributed by atoms with Gasteiger partial charge in [0.2, 0.25) is 0 Å². The Morgan fingerprint density at radius 1 is 1.21 bits per heavy atom. The molecular formula is C20H33NO3. The van der Waals surface area contributed by atoms with Gasteiger partial charge in [-0.2, -0.15) is 0 Å². The number of hydrogen-bond acceptors (Lipinski definition) is 3. The van der Waals surface area contributed by atoms with Gasteiger partial charge in [0, 0.05) is 12.3 Å². The minimum atomic E-state index is -0.817. The lowest BCUT2D eigenvalue weighted by Crippen LogP contribution is -2.44. The van der Waals surface area contributed by atoms with Gasteiger partial charge >= 0.3 is 0 Å². The van der Waals surface area contributed by atoms with Crippen LogP contribution < -0.4 is 10.1 Å². The molecule has 0 bridgehead atoms. The third-order valence-electron chi connectivity index (χ3n) is 3.91. The van der Waals surface area contributed by atoms with E-state index >= 15 is 0 Å². The zero-order valence-corrected chi connectivity index (χ0v) is 16.3. The van der Waals surface area contributed by atoms with Gasteiger partial charge in [0.15, 0.2) is 0 Å². The highest BCUT2D eigenvalue weighted by molar-refractivity contribution is 5.97. The second-order valence-electron chi connectivity index (χ2n) is 7.00. The maximum Gasteiger partial charge on any atom is 0.256 e. The molecule has 0 aliphatic carbocycles. The first-order valence-corrected chi connectivity index (χ1v) is 8.93. The topological polar surface area (TPSA) is 47.6 Å². The Kier molecular flexibility index (Phi) is 7.74. The normalized spacial score (nSPS) is 13.7. The number of amides is 1. The van der Waals surface area contributed by atoms with Gasteiger partial charge in [-0.25, -0.2) is 0 Å². The van der Waals surface area contributed by atoms with Crippen LogP contribution in [0.15, 0.2) is 12.1 Å². The minimum Gasteiger partial charge on any atom is -0.493 e. The molecular weight excluding hydrogens is 302 g/mol. The van der Waals surface area contributed by atoms with E-state index in [2.05, 4.69) is 26.1 Å². The summed E-state index contributed by atoms with van der Waals surface area (Å²) in [4.78, 5) is 12.8. The number of ether oxygens (including phenoxy) is 2. The molecule has 24 heavy (non-hydrogen) atoms. The summed E-state index contributed by atoms with van der Waals surface area (Å²) in [6.45, 7) is 15.3. The fraction of sp³-hybridized carbons (Fsp3) is 0.650. The van der Waals surface area contributed by atoms with Gasteiger partial charge in [-0.3, -0.25) is 4.79 Å². The highest BCUT2D eigenvalue weighted by atomic mass is 16.5. The molecule has 0 aromatic heterocycles. The van der Waals surface area contributed by atoms with E-state index in [0.717, 1.165) is 29.0 Å². The standard InChI is InChI=1S/C20H33NO3/c1-8-10-23-18-15(5)11-17(12-16(18)6)21-19(22)20(7,24-9-2)13-14(3)4/h11-12,14H,8-10,13H2,1-7H3,(H,21,22). The second-order valence-corrected chi connectivity index (χ2v) is 7.00. The highest BCUT2D eigenvalue weighted by Gasteiger charge is 2.34. The van der Waals surface area contributed by atoms with E-state index in [4.69, 9.17) is 9.47 Å². The van der Waals surface area contributed by atoms with Crippen LogP contribution in [0.1, 0.15) is 58.6 Å². The van der Waals surface area contributed by atoms with Crippen molar-refractivity contribution < 1.29 is 14.3 Å². The molecule has 1 aromatic carbocycles. The van der Waals surface area contributed by atoms with Crippen molar-refractivity contribution in [3.63, 3.8) is 0 Å². The molecule has 0 spiro atoms. The molecule has 0 aliphatic heterocycles. The molecule has 0 saturated carbocycles. The molecule has 1 aromatic rings. The Labute approximate surface area is 146 Å². The van der Waals surface area contributed by atoms with Crippen LogP contribution in [-0.2, 0) is 9.53 Å². The number of carbonyl (C=O) groups is 1. The number of hydrogen-bond donors (Lipinski definition) is 1. The third kappa shape index (κ3) is 5.52. The molecule has 0 saturated heterocycles. The van der Waals surface area contributed by atoms with Crippen LogP contribution in [-0.4, -0.2) is 24.7 Å². The molecule has 0 fully saturated rings. The van der Waals surface area contributed by atoms with Gasteiger partial charge < -0.3 is 14.8 Å². The number of anilines is 1. The van der Waals surface area contributed by atoms with Gasteiger partial charge in [-0.1, -0.05) is 20.8 Å². The van der Waals surface area contributed by atoms with Crippen molar-refractivity contribution in [2.75, 3.05) is 18.5 Å². The molecule has 4 heteroatoms. The smallest absolute Gasteiger partial charge is 0.256 e. The van der Waals surface area contributed by atoms with Gasteiger partial charge in [-0.05, 0) is 69.7 Å². The van der Waals surface area contributed by atoms with Crippen molar-refractivity contribution in [2.45, 2.75) is 66.9 Å². The first-order valence-electron chi connectivity index (χ1n) is 8.93. The van der Waals surface area contributed by atoms with E-state index in [1.165, 1.54) is 0 Å². The molecule has 0 aliphatic rings. The Morgan fingerprint density at radius 2 is 1.79 bits per heavy atom. The molecule has 1 unspecified atom stereocenters. The van der Waals surface area contributed by atoms with Crippen LogP contribution in [0.5, 0.6) is 5.75 Å². The zero-order valence-electron chi connectivity index (χ0n) is 16.3. The summed E-state index contributed by atoms with van der Waals surface area (Å²) >= 11 is 0. The molecule has 4 nitrogen and oxygen atoms in total. The summed E-state index contributed by atoms with van der Waals surface area (Å²) in [5.41, 5.74) is 2.03. The quantitative estimate of drug-likeness (QED) is 0.700. The number of carbonyl (C=O) groups excluding carboxylic acids is 1. The van der Waals surface area contributed by atoms with E-state index in [9.17, 15) is 4.79 Å². The zero-order chi connectivity index (χ0) is 18.3. The SMILES string of the molecule is CCCOc1c(C)cc(NC(=O)C(C)(CC(C)C)OCC)cc1C. The molecule has 0 heterocycles. The molecule has 1 N–H and O–H groups in total. The maximum absolute atomic E-state index is 12.8. The Morgan fingerprint density at radius 3 is 2.25 bits per heavy atom. The lowest BCUT2D eigenvalue weighted by atomic mass is 9.93.